The molecule has 0 aromatic rings. The maximum atomic E-state index is 0. The largest absolute Gasteiger partial charge is 0 e. The topological polar surface area (TPSA) is 31.5 Å². The molecule has 0 aliphatic heterocycles. The fourth-order valence-electron chi connectivity index (χ4n) is 0. The van der Waals surface area contributed by atoms with E-state index in [-0.39, 0.29) is 120 Å². The van der Waals surface area contributed by atoms with Gasteiger partial charge in [-0.3, -0.25) is 0 Å². The van der Waals surface area contributed by atoms with E-state index in [1.807, 2.05) is 0 Å². The standard InChI is InChI=1S/Ca.La.Nd.H2O.2H/h;;;1H2;;. The first-order chi connectivity index (χ1) is 0. The van der Waals surface area contributed by atoms with Crippen LogP contribution in [0.3, 0.4) is 0 Å². The van der Waals surface area contributed by atoms with E-state index < -0.39 is 0 Å². The van der Waals surface area contributed by atoms with Crippen molar-refractivity contribution in [1.82, 2.24) is 0 Å². The molecular formula is H4CaLaNdO. The van der Waals surface area contributed by atoms with Gasteiger partial charge >= 0.3 is 37.7 Å². The Hall–Kier alpha value is 3.77. The first-order valence-electron chi connectivity index (χ1n) is 0. The van der Waals surface area contributed by atoms with E-state index in [4.69, 9.17) is 0 Å². The van der Waals surface area contributed by atoms with E-state index in [1.54, 1.807) is 0 Å². The van der Waals surface area contributed by atoms with Crippen molar-refractivity contribution in [3.63, 3.8) is 0 Å². The minimum atomic E-state index is 0. The van der Waals surface area contributed by atoms with E-state index in [0.29, 0.717) is 0 Å². The molecular weight excluding hydrogens is 339 g/mol. The molecule has 0 unspecified atom stereocenters. The van der Waals surface area contributed by atoms with Crippen molar-refractivity contribution in [2.75, 3.05) is 0 Å². The molecule has 0 heterocycles. The van der Waals surface area contributed by atoms with Gasteiger partial charge < -0.3 is 5.48 Å². The van der Waals surface area contributed by atoms with Gasteiger partial charge in [-0.05, 0) is 0 Å². The van der Waals surface area contributed by atoms with Crippen molar-refractivity contribution < 1.29 is 81.9 Å². The normalized spacial score (nSPS) is 0. The van der Waals surface area contributed by atoms with Crippen LogP contribution in [0.2, 0.25) is 0 Å². The first-order valence-corrected chi connectivity index (χ1v) is 0. The van der Waals surface area contributed by atoms with E-state index in [2.05, 4.69) is 0 Å². The zero-order valence-electron chi connectivity index (χ0n) is 1.58. The van der Waals surface area contributed by atoms with Crippen LogP contribution in [-0.4, -0.2) is 43.2 Å². The molecule has 0 rings (SSSR count). The molecule has 19 valence electrons. The van der Waals surface area contributed by atoms with Gasteiger partial charge in [0.05, 0.1) is 0 Å². The predicted octanol–water partition coefficient (Wildman–Crippen LogP) is -1.74. The van der Waals surface area contributed by atoms with Crippen molar-refractivity contribution in [3.8, 4) is 0 Å². The molecule has 1 nitrogen and oxygen atoms in total. The van der Waals surface area contributed by atoms with Crippen molar-refractivity contribution in [1.29, 1.82) is 0 Å². The van der Waals surface area contributed by atoms with Crippen molar-refractivity contribution >= 4 is 37.7 Å². The molecule has 0 saturated carbocycles. The molecule has 2 N–H and O–H groups in total. The molecule has 0 amide bonds. The molecule has 1 radical (unpaired) electrons. The van der Waals surface area contributed by atoms with E-state index in [1.165, 1.54) is 0 Å². The molecule has 4 heavy (non-hydrogen) atoms. The molecule has 0 atom stereocenters. The summed E-state index contributed by atoms with van der Waals surface area (Å²) in [6.45, 7) is 0. The van der Waals surface area contributed by atoms with Gasteiger partial charge in [-0.2, -0.15) is 0 Å². The van der Waals surface area contributed by atoms with Crippen LogP contribution >= 0.6 is 0 Å². The van der Waals surface area contributed by atoms with Gasteiger partial charge in [0.2, 0.25) is 0 Å². The summed E-state index contributed by atoms with van der Waals surface area (Å²) in [6, 6.07) is 0. The fraction of sp³-hybridized carbons (Fsp3) is 0. The molecule has 0 aromatic carbocycles. The molecule has 0 bridgehead atoms. The van der Waals surface area contributed by atoms with Crippen LogP contribution in [0, 0.1) is 76.4 Å². The summed E-state index contributed by atoms with van der Waals surface area (Å²) in [6.07, 6.45) is 0. The Morgan fingerprint density at radius 1 is 1.00 bits per heavy atom. The van der Waals surface area contributed by atoms with Crippen molar-refractivity contribution in [2.24, 2.45) is 0 Å². The summed E-state index contributed by atoms with van der Waals surface area (Å²) in [7, 11) is 0. The van der Waals surface area contributed by atoms with Gasteiger partial charge in [0.1, 0.15) is 0 Å². The van der Waals surface area contributed by atoms with Gasteiger partial charge in [-0.15, -0.1) is 0 Å². The van der Waals surface area contributed by atoms with Crippen LogP contribution < -0.4 is 0 Å². The minimum Gasteiger partial charge on any atom is 0 e. The van der Waals surface area contributed by atoms with Gasteiger partial charge in [0, 0.05) is 76.4 Å². The molecule has 0 aliphatic rings. The smallest absolute Gasteiger partial charge is 0 e. The summed E-state index contributed by atoms with van der Waals surface area (Å²) < 4.78 is 0. The summed E-state index contributed by atoms with van der Waals surface area (Å²) >= 11 is 0. The summed E-state index contributed by atoms with van der Waals surface area (Å²) in [5.41, 5.74) is 0. The molecule has 0 fully saturated rings. The SMILES string of the molecule is O.[CaH2].[La].[Nd]. The maximum Gasteiger partial charge on any atom is 0 e. The molecule has 0 aliphatic carbocycles. The summed E-state index contributed by atoms with van der Waals surface area (Å²) in [5, 5.41) is 0. The number of rotatable bonds is 0. The van der Waals surface area contributed by atoms with Crippen LogP contribution in [0.15, 0.2) is 0 Å². The molecule has 0 saturated heterocycles. The Morgan fingerprint density at radius 2 is 1.00 bits per heavy atom. The third-order valence-electron chi connectivity index (χ3n) is 0. The average Bonchev–Trinajstić information content (AvgIpc) is 0. The Bertz CT molecular complexity index is 8.00. The van der Waals surface area contributed by atoms with Crippen LogP contribution in [0.1, 0.15) is 0 Å². The minimum absolute atomic E-state index is 0. The van der Waals surface area contributed by atoms with Crippen LogP contribution in [-0.2, 0) is 0 Å². The van der Waals surface area contributed by atoms with Gasteiger partial charge in [0.25, 0.3) is 0 Å². The molecule has 0 spiro atoms. The summed E-state index contributed by atoms with van der Waals surface area (Å²) in [5.74, 6) is 0. The fourth-order valence-corrected chi connectivity index (χ4v) is 0. The Labute approximate surface area is 116 Å². The number of hydrogen-bond donors (Lipinski definition) is 0. The maximum absolute atomic E-state index is 0. The molecule has 0 aromatic heterocycles. The Balaban J connectivity index is 0. The van der Waals surface area contributed by atoms with Crippen LogP contribution in [0.4, 0.5) is 0 Å². The van der Waals surface area contributed by atoms with Crippen LogP contribution in [0.5, 0.6) is 0 Å². The quantitative estimate of drug-likeness (QED) is 0.468. The zero-order valence-corrected chi connectivity index (χ0v) is 8.41. The monoisotopic (exact) mass is 341 g/mol. The average molecular weight is 343 g/mol. The van der Waals surface area contributed by atoms with Crippen molar-refractivity contribution in [3.05, 3.63) is 0 Å². The molecule has 4 heteroatoms. The second-order valence-corrected chi connectivity index (χ2v) is 0. The first kappa shape index (κ1) is 25.1. The van der Waals surface area contributed by atoms with E-state index in [9.17, 15) is 0 Å². The van der Waals surface area contributed by atoms with E-state index in [0.717, 1.165) is 0 Å². The Morgan fingerprint density at radius 3 is 1.00 bits per heavy atom. The van der Waals surface area contributed by atoms with Gasteiger partial charge in [-0.1, -0.05) is 0 Å². The second-order valence-electron chi connectivity index (χ2n) is 0. The van der Waals surface area contributed by atoms with Gasteiger partial charge in [0.15, 0.2) is 0 Å². The summed E-state index contributed by atoms with van der Waals surface area (Å²) in [4.78, 5) is 0. The third kappa shape index (κ3) is 9.23. The Kier molecular flexibility index (Phi) is 99.4. The van der Waals surface area contributed by atoms with Crippen LogP contribution in [0.25, 0.3) is 0 Å². The second kappa shape index (κ2) is 15.9. The van der Waals surface area contributed by atoms with Crippen molar-refractivity contribution in [2.45, 2.75) is 0 Å². The zero-order chi connectivity index (χ0) is 0. The third-order valence-corrected chi connectivity index (χ3v) is 0. The van der Waals surface area contributed by atoms with Gasteiger partial charge in [-0.25, -0.2) is 0 Å². The predicted molar refractivity (Wildman–Crippen MR) is 12.2 cm³/mol. The number of hydrogen-bond acceptors (Lipinski definition) is 0. The van der Waals surface area contributed by atoms with E-state index >= 15 is 0 Å².